The highest BCUT2D eigenvalue weighted by Crippen LogP contribution is 2.31. The van der Waals surface area contributed by atoms with Crippen LogP contribution in [-0.2, 0) is 14.8 Å². The molecule has 1 saturated carbocycles. The molecule has 0 aromatic carbocycles. The predicted octanol–water partition coefficient (Wildman–Crippen LogP) is 0.000670. The number of hydrogen-bond donors (Lipinski definition) is 2. The van der Waals surface area contributed by atoms with Gasteiger partial charge in [0, 0.05) is 26.6 Å². The minimum Gasteiger partial charge on any atom is -0.388 e. The Labute approximate surface area is 103 Å². The van der Waals surface area contributed by atoms with Crippen LogP contribution in [0.3, 0.4) is 0 Å². The van der Waals surface area contributed by atoms with Crippen molar-refractivity contribution in [3.63, 3.8) is 0 Å². The molecule has 0 radical (unpaired) electrons. The smallest absolute Gasteiger partial charge is 0.214 e. The Bertz CT molecular complexity index is 352. The van der Waals surface area contributed by atoms with E-state index in [0.29, 0.717) is 19.1 Å². The molecule has 100 valence electrons. The largest absolute Gasteiger partial charge is 0.388 e. The molecule has 0 heterocycles. The van der Waals surface area contributed by atoms with Gasteiger partial charge in [-0.1, -0.05) is 0 Å². The number of hydrogen-bond acceptors (Lipinski definition) is 4. The zero-order chi connectivity index (χ0) is 12.9. The van der Waals surface area contributed by atoms with Crippen molar-refractivity contribution in [2.24, 2.45) is 11.7 Å². The summed E-state index contributed by atoms with van der Waals surface area (Å²) in [6.45, 7) is 0.967. The predicted molar refractivity (Wildman–Crippen MR) is 66.5 cm³/mol. The quantitative estimate of drug-likeness (QED) is 0.452. The van der Waals surface area contributed by atoms with Crippen LogP contribution in [0.25, 0.3) is 0 Å². The first-order valence-corrected chi connectivity index (χ1v) is 7.36. The molecule has 3 N–H and O–H groups in total. The highest BCUT2D eigenvalue weighted by molar-refractivity contribution is 7.89. The Kier molecular flexibility index (Phi) is 5.35. The van der Waals surface area contributed by atoms with Crippen LogP contribution in [0.2, 0.25) is 0 Å². The van der Waals surface area contributed by atoms with Crippen molar-refractivity contribution in [1.82, 2.24) is 4.31 Å². The summed E-state index contributed by atoms with van der Waals surface area (Å²) in [5.41, 5.74) is 5.26. The van der Waals surface area contributed by atoms with Gasteiger partial charge in [-0.15, -0.1) is 0 Å². The van der Waals surface area contributed by atoms with Gasteiger partial charge in [0.25, 0.3) is 0 Å². The van der Waals surface area contributed by atoms with Gasteiger partial charge in [-0.25, -0.2) is 8.42 Å². The molecule has 1 fully saturated rings. The van der Waals surface area contributed by atoms with Crippen LogP contribution in [0.5, 0.6) is 0 Å². The highest BCUT2D eigenvalue weighted by atomic mass is 32.2. The van der Waals surface area contributed by atoms with Crippen molar-refractivity contribution < 1.29 is 13.2 Å². The van der Waals surface area contributed by atoms with Gasteiger partial charge < -0.3 is 10.5 Å². The lowest BCUT2D eigenvalue weighted by Crippen LogP contribution is -2.38. The van der Waals surface area contributed by atoms with Gasteiger partial charge in [0.2, 0.25) is 10.0 Å². The zero-order valence-corrected chi connectivity index (χ0v) is 11.0. The van der Waals surface area contributed by atoms with E-state index in [0.717, 1.165) is 12.8 Å². The molecular weight excluding hydrogens is 242 g/mol. The third-order valence-corrected chi connectivity index (χ3v) is 4.76. The minimum atomic E-state index is -3.23. The number of amidine groups is 1. The van der Waals surface area contributed by atoms with Crippen LogP contribution < -0.4 is 5.73 Å². The second-order valence-electron chi connectivity index (χ2n) is 4.39. The van der Waals surface area contributed by atoms with E-state index >= 15 is 0 Å². The summed E-state index contributed by atoms with van der Waals surface area (Å²) in [6, 6.07) is 0. The molecule has 1 aliphatic rings. The van der Waals surface area contributed by atoms with Gasteiger partial charge in [-0.05, 0) is 18.8 Å². The highest BCUT2D eigenvalue weighted by Gasteiger charge is 2.31. The fourth-order valence-electron chi connectivity index (χ4n) is 1.52. The maximum Gasteiger partial charge on any atom is 0.214 e. The Morgan fingerprint density at radius 1 is 1.47 bits per heavy atom. The minimum absolute atomic E-state index is 0.00837. The third kappa shape index (κ3) is 5.47. The molecule has 0 aromatic heterocycles. The topological polar surface area (TPSA) is 96.5 Å². The number of rotatable bonds is 9. The molecule has 0 unspecified atom stereocenters. The van der Waals surface area contributed by atoms with Crippen LogP contribution in [0, 0.1) is 11.3 Å². The zero-order valence-electron chi connectivity index (χ0n) is 10.2. The number of nitrogens with one attached hydrogen (secondary N) is 1. The number of sulfonamides is 1. The number of nitrogens with zero attached hydrogens (tertiary/aromatic N) is 1. The van der Waals surface area contributed by atoms with E-state index in [4.69, 9.17) is 15.9 Å². The average molecular weight is 263 g/mol. The Balaban J connectivity index is 2.55. The summed E-state index contributed by atoms with van der Waals surface area (Å²) in [5, 5.41) is 7.15. The SMILES string of the molecule is COCCN(CCC(=N)N)S(=O)(=O)CC1CC1. The van der Waals surface area contributed by atoms with E-state index in [-0.39, 0.29) is 24.6 Å². The summed E-state index contributed by atoms with van der Waals surface area (Å²) in [5.74, 6) is 0.547. The molecule has 0 amide bonds. The standard InChI is InChI=1S/C10H21N3O3S/c1-16-7-6-13(5-4-10(11)12)17(14,15)8-9-2-3-9/h9H,2-8H2,1H3,(H3,11,12). The Morgan fingerprint density at radius 2 is 2.12 bits per heavy atom. The maximum absolute atomic E-state index is 12.1. The fraction of sp³-hybridized carbons (Fsp3) is 0.900. The second-order valence-corrected chi connectivity index (χ2v) is 6.40. The summed E-state index contributed by atoms with van der Waals surface area (Å²) in [6.07, 6.45) is 2.28. The molecule has 1 aliphatic carbocycles. The van der Waals surface area contributed by atoms with Crippen LogP contribution in [0.1, 0.15) is 19.3 Å². The van der Waals surface area contributed by atoms with Crippen LogP contribution in [0.4, 0.5) is 0 Å². The normalized spacial score (nSPS) is 16.4. The molecule has 0 spiro atoms. The molecule has 0 saturated heterocycles. The molecular formula is C10H21N3O3S. The molecule has 0 atom stereocenters. The van der Waals surface area contributed by atoms with E-state index in [1.165, 1.54) is 11.4 Å². The van der Waals surface area contributed by atoms with Gasteiger partial charge in [-0.2, -0.15) is 4.31 Å². The van der Waals surface area contributed by atoms with Crippen LogP contribution in [0.15, 0.2) is 0 Å². The van der Waals surface area contributed by atoms with Crippen LogP contribution in [-0.4, -0.2) is 51.1 Å². The molecule has 0 aliphatic heterocycles. The summed E-state index contributed by atoms with van der Waals surface area (Å²) in [4.78, 5) is 0. The molecule has 17 heavy (non-hydrogen) atoms. The monoisotopic (exact) mass is 263 g/mol. The van der Waals surface area contributed by atoms with Crippen molar-refractivity contribution in [3.05, 3.63) is 0 Å². The first-order valence-electron chi connectivity index (χ1n) is 5.75. The first kappa shape index (κ1) is 14.4. The number of ether oxygens (including phenoxy) is 1. The van der Waals surface area contributed by atoms with Crippen molar-refractivity contribution >= 4 is 15.9 Å². The number of methoxy groups -OCH3 is 1. The second kappa shape index (κ2) is 6.32. The van der Waals surface area contributed by atoms with Gasteiger partial charge in [-0.3, -0.25) is 5.41 Å². The summed E-state index contributed by atoms with van der Waals surface area (Å²) >= 11 is 0. The van der Waals surface area contributed by atoms with Crippen LogP contribution >= 0.6 is 0 Å². The molecule has 0 aromatic rings. The van der Waals surface area contributed by atoms with Gasteiger partial charge in [0.1, 0.15) is 0 Å². The molecule has 6 nitrogen and oxygen atoms in total. The fourth-order valence-corrected chi connectivity index (χ4v) is 3.38. The van der Waals surface area contributed by atoms with Crippen molar-refractivity contribution in [2.75, 3.05) is 32.6 Å². The molecule has 0 bridgehead atoms. The van der Waals surface area contributed by atoms with E-state index < -0.39 is 10.0 Å². The summed E-state index contributed by atoms with van der Waals surface area (Å²) < 4.78 is 30.4. The maximum atomic E-state index is 12.1. The van der Waals surface area contributed by atoms with Crippen molar-refractivity contribution in [1.29, 1.82) is 5.41 Å². The van der Waals surface area contributed by atoms with E-state index in [2.05, 4.69) is 0 Å². The van der Waals surface area contributed by atoms with E-state index in [1.807, 2.05) is 0 Å². The summed E-state index contributed by atoms with van der Waals surface area (Å²) in [7, 11) is -1.69. The van der Waals surface area contributed by atoms with Crippen molar-refractivity contribution in [3.8, 4) is 0 Å². The Morgan fingerprint density at radius 3 is 2.59 bits per heavy atom. The first-order chi connectivity index (χ1) is 7.95. The lowest BCUT2D eigenvalue weighted by Gasteiger charge is -2.21. The lowest BCUT2D eigenvalue weighted by atomic mass is 10.4. The van der Waals surface area contributed by atoms with E-state index in [1.54, 1.807) is 0 Å². The molecule has 1 rings (SSSR count). The van der Waals surface area contributed by atoms with Gasteiger partial charge >= 0.3 is 0 Å². The lowest BCUT2D eigenvalue weighted by molar-refractivity contribution is 0.179. The third-order valence-electron chi connectivity index (χ3n) is 2.71. The van der Waals surface area contributed by atoms with Gasteiger partial charge in [0.15, 0.2) is 0 Å². The molecule has 7 heteroatoms. The number of nitrogens with two attached hydrogens (primary N) is 1. The average Bonchev–Trinajstić information content (AvgIpc) is 3.00. The van der Waals surface area contributed by atoms with E-state index in [9.17, 15) is 8.42 Å². The van der Waals surface area contributed by atoms with Gasteiger partial charge in [0.05, 0.1) is 18.2 Å². The Hall–Kier alpha value is -0.660. The van der Waals surface area contributed by atoms with Crippen molar-refractivity contribution in [2.45, 2.75) is 19.3 Å².